The first-order chi connectivity index (χ1) is 8.55. The molecule has 4 bridgehead atoms. The van der Waals surface area contributed by atoms with E-state index < -0.39 is 0 Å². The Balaban J connectivity index is 1.98. The Kier molecular flexibility index (Phi) is 3.02. The minimum absolute atomic E-state index is 0.0526. The first kappa shape index (κ1) is 12.9. The normalized spacial score (nSPS) is 45.5. The summed E-state index contributed by atoms with van der Waals surface area (Å²) in [5.41, 5.74) is 0.322. The van der Waals surface area contributed by atoms with Crippen molar-refractivity contribution in [2.75, 3.05) is 13.7 Å². The number of aliphatic hydroxyl groups excluding tert-OH is 1. The number of nitrogens with one attached hydrogen (secondary N) is 1. The van der Waals surface area contributed by atoms with Gasteiger partial charge in [0.05, 0.1) is 6.61 Å². The van der Waals surface area contributed by atoms with Crippen molar-refractivity contribution in [1.82, 2.24) is 5.32 Å². The lowest BCUT2D eigenvalue weighted by Crippen LogP contribution is -2.67. The van der Waals surface area contributed by atoms with Crippen molar-refractivity contribution in [1.29, 1.82) is 0 Å². The molecule has 104 valence electrons. The molecule has 0 aromatic heterocycles. The molecular formula is C16H29NO. The van der Waals surface area contributed by atoms with E-state index in [-0.39, 0.29) is 5.54 Å². The molecule has 4 aliphatic carbocycles. The Hall–Kier alpha value is -0.0800. The van der Waals surface area contributed by atoms with Gasteiger partial charge in [0.15, 0.2) is 0 Å². The maximum absolute atomic E-state index is 10.1. The van der Waals surface area contributed by atoms with Crippen molar-refractivity contribution in [2.45, 2.75) is 57.9 Å². The van der Waals surface area contributed by atoms with Crippen LogP contribution in [0.3, 0.4) is 0 Å². The Morgan fingerprint density at radius 1 is 1.11 bits per heavy atom. The van der Waals surface area contributed by atoms with Gasteiger partial charge in [-0.3, -0.25) is 0 Å². The molecule has 1 atom stereocenters. The Morgan fingerprint density at radius 3 is 1.83 bits per heavy atom. The second-order valence-corrected chi connectivity index (χ2v) is 7.73. The summed E-state index contributed by atoms with van der Waals surface area (Å²) in [5.74, 6) is 3.36. The van der Waals surface area contributed by atoms with Crippen molar-refractivity contribution in [3.8, 4) is 0 Å². The van der Waals surface area contributed by atoms with Gasteiger partial charge in [-0.25, -0.2) is 0 Å². The monoisotopic (exact) mass is 251 g/mol. The fourth-order valence-electron chi connectivity index (χ4n) is 6.25. The molecule has 4 fully saturated rings. The largest absolute Gasteiger partial charge is 0.394 e. The van der Waals surface area contributed by atoms with Crippen LogP contribution in [-0.4, -0.2) is 24.3 Å². The van der Waals surface area contributed by atoms with Gasteiger partial charge in [0.1, 0.15) is 0 Å². The van der Waals surface area contributed by atoms with E-state index in [0.717, 1.165) is 17.8 Å². The Morgan fingerprint density at radius 2 is 1.56 bits per heavy atom. The SMILES string of the molecule is CNC(CO)(C(C)C)C12CC3CC(CC(C3)C1)C2. The van der Waals surface area contributed by atoms with Crippen LogP contribution in [0.15, 0.2) is 0 Å². The van der Waals surface area contributed by atoms with Crippen LogP contribution in [0.1, 0.15) is 52.4 Å². The maximum Gasteiger partial charge on any atom is 0.0621 e. The highest BCUT2D eigenvalue weighted by Crippen LogP contribution is 2.64. The van der Waals surface area contributed by atoms with Crippen LogP contribution in [0.25, 0.3) is 0 Å². The summed E-state index contributed by atoms with van der Waals surface area (Å²) in [7, 11) is 2.06. The van der Waals surface area contributed by atoms with Crippen LogP contribution in [-0.2, 0) is 0 Å². The first-order valence-electron chi connectivity index (χ1n) is 7.85. The second-order valence-electron chi connectivity index (χ2n) is 7.73. The van der Waals surface area contributed by atoms with E-state index in [2.05, 4.69) is 26.2 Å². The van der Waals surface area contributed by atoms with Crippen LogP contribution in [0.5, 0.6) is 0 Å². The van der Waals surface area contributed by atoms with Gasteiger partial charge in [-0.1, -0.05) is 13.8 Å². The molecule has 4 rings (SSSR count). The third-order valence-electron chi connectivity index (χ3n) is 6.67. The molecule has 0 spiro atoms. The Labute approximate surface area is 112 Å². The van der Waals surface area contributed by atoms with Gasteiger partial charge in [-0.15, -0.1) is 0 Å². The summed E-state index contributed by atoms with van der Waals surface area (Å²) >= 11 is 0. The predicted octanol–water partition coefficient (Wildman–Crippen LogP) is 2.81. The fourth-order valence-corrected chi connectivity index (χ4v) is 6.25. The predicted molar refractivity (Wildman–Crippen MR) is 74.3 cm³/mol. The maximum atomic E-state index is 10.1. The number of likely N-dealkylation sites (N-methyl/N-ethyl adjacent to an activating group) is 1. The molecule has 2 heteroatoms. The lowest BCUT2D eigenvalue weighted by molar-refractivity contribution is -0.134. The van der Waals surface area contributed by atoms with Crippen LogP contribution in [0, 0.1) is 29.1 Å². The van der Waals surface area contributed by atoms with Crippen molar-refractivity contribution >= 4 is 0 Å². The lowest BCUT2D eigenvalue weighted by Gasteiger charge is -2.64. The molecular weight excluding hydrogens is 222 g/mol. The molecule has 4 aliphatic rings. The number of aliphatic hydroxyl groups is 1. The van der Waals surface area contributed by atoms with Crippen LogP contribution < -0.4 is 5.32 Å². The van der Waals surface area contributed by atoms with E-state index in [4.69, 9.17) is 0 Å². The Bertz CT molecular complexity index is 284. The van der Waals surface area contributed by atoms with Crippen molar-refractivity contribution in [3.63, 3.8) is 0 Å². The van der Waals surface area contributed by atoms with Crippen molar-refractivity contribution in [3.05, 3.63) is 0 Å². The molecule has 2 nitrogen and oxygen atoms in total. The van der Waals surface area contributed by atoms with Gasteiger partial charge in [-0.2, -0.15) is 0 Å². The highest BCUT2D eigenvalue weighted by molar-refractivity contribution is 5.13. The summed E-state index contributed by atoms with van der Waals surface area (Å²) in [6.07, 6.45) is 8.50. The highest BCUT2D eigenvalue weighted by Gasteiger charge is 2.60. The highest BCUT2D eigenvalue weighted by atomic mass is 16.3. The molecule has 0 aromatic carbocycles. The quantitative estimate of drug-likeness (QED) is 0.805. The van der Waals surface area contributed by atoms with Crippen molar-refractivity contribution < 1.29 is 5.11 Å². The molecule has 0 heterocycles. The van der Waals surface area contributed by atoms with E-state index in [9.17, 15) is 5.11 Å². The molecule has 0 aromatic rings. The molecule has 2 N–H and O–H groups in total. The van der Waals surface area contributed by atoms with Gasteiger partial charge < -0.3 is 10.4 Å². The molecule has 18 heavy (non-hydrogen) atoms. The lowest BCUT2D eigenvalue weighted by atomic mass is 9.43. The van der Waals surface area contributed by atoms with Crippen LogP contribution in [0.4, 0.5) is 0 Å². The zero-order chi connectivity index (χ0) is 13.0. The average molecular weight is 251 g/mol. The van der Waals surface area contributed by atoms with Gasteiger partial charge >= 0.3 is 0 Å². The molecule has 1 unspecified atom stereocenters. The first-order valence-corrected chi connectivity index (χ1v) is 7.85. The van der Waals surface area contributed by atoms with E-state index in [0.29, 0.717) is 17.9 Å². The minimum Gasteiger partial charge on any atom is -0.394 e. The number of rotatable bonds is 4. The summed E-state index contributed by atoms with van der Waals surface area (Å²) in [5, 5.41) is 13.7. The molecule has 4 saturated carbocycles. The summed E-state index contributed by atoms with van der Waals surface area (Å²) in [6, 6.07) is 0. The van der Waals surface area contributed by atoms with Crippen molar-refractivity contribution in [2.24, 2.45) is 29.1 Å². The van der Waals surface area contributed by atoms with E-state index in [1.165, 1.54) is 38.5 Å². The van der Waals surface area contributed by atoms with Gasteiger partial charge in [-0.05, 0) is 74.7 Å². The average Bonchev–Trinajstić information content (AvgIpc) is 2.28. The fraction of sp³-hybridized carbons (Fsp3) is 1.00. The van der Waals surface area contributed by atoms with Gasteiger partial charge in [0, 0.05) is 5.54 Å². The molecule has 0 radical (unpaired) electrons. The minimum atomic E-state index is -0.0526. The summed E-state index contributed by atoms with van der Waals surface area (Å²) in [4.78, 5) is 0. The number of hydrogen-bond acceptors (Lipinski definition) is 2. The van der Waals surface area contributed by atoms with Gasteiger partial charge in [0.25, 0.3) is 0 Å². The smallest absolute Gasteiger partial charge is 0.0621 e. The zero-order valence-electron chi connectivity index (χ0n) is 12.2. The van der Waals surface area contributed by atoms with E-state index in [1.807, 2.05) is 0 Å². The van der Waals surface area contributed by atoms with Crippen LogP contribution >= 0.6 is 0 Å². The summed E-state index contributed by atoms with van der Waals surface area (Å²) < 4.78 is 0. The molecule has 0 amide bonds. The molecule has 0 aliphatic heterocycles. The second kappa shape index (κ2) is 4.21. The zero-order valence-corrected chi connectivity index (χ0v) is 12.2. The molecule has 0 saturated heterocycles. The van der Waals surface area contributed by atoms with Crippen LogP contribution in [0.2, 0.25) is 0 Å². The standard InChI is InChI=1S/C16H29NO/c1-11(2)16(10-18,17-3)15-7-12-4-13(8-15)6-14(5-12)9-15/h11-14,17-18H,4-10H2,1-3H3. The summed E-state index contributed by atoms with van der Waals surface area (Å²) in [6.45, 7) is 4.87. The third kappa shape index (κ3) is 1.54. The topological polar surface area (TPSA) is 32.3 Å². The van der Waals surface area contributed by atoms with E-state index >= 15 is 0 Å². The van der Waals surface area contributed by atoms with E-state index in [1.54, 1.807) is 0 Å². The third-order valence-corrected chi connectivity index (χ3v) is 6.67. The van der Waals surface area contributed by atoms with Gasteiger partial charge in [0.2, 0.25) is 0 Å². The number of hydrogen-bond donors (Lipinski definition) is 2.